The molecule has 210 valence electrons. The minimum Gasteiger partial charge on any atom is -0.425 e. The van der Waals surface area contributed by atoms with Crippen LogP contribution in [0.25, 0.3) is 0 Å². The Morgan fingerprint density at radius 1 is 1.21 bits per heavy atom. The van der Waals surface area contributed by atoms with Gasteiger partial charge >= 0.3 is 12.3 Å². The Bertz CT molecular complexity index is 1390. The lowest BCUT2D eigenvalue weighted by Gasteiger charge is -2.30. The van der Waals surface area contributed by atoms with Gasteiger partial charge in [0, 0.05) is 19.0 Å². The number of alkyl carbamates (subject to hydrolysis) is 1. The maximum Gasteiger partial charge on any atom is 0.417 e. The number of nitriles is 1. The van der Waals surface area contributed by atoms with E-state index >= 15 is 0 Å². The summed E-state index contributed by atoms with van der Waals surface area (Å²) in [7, 11) is -4.48. The number of alkyl halides is 3. The van der Waals surface area contributed by atoms with Gasteiger partial charge in [-0.3, -0.25) is 0 Å². The molecule has 2 atom stereocenters. The second-order valence-corrected chi connectivity index (χ2v) is 12.8. The van der Waals surface area contributed by atoms with Crippen LogP contribution in [0.3, 0.4) is 0 Å². The number of ether oxygens (including phenoxy) is 1. The number of amides is 1. The molecule has 0 unspecified atom stereocenters. The number of halogens is 3. The fourth-order valence-electron chi connectivity index (χ4n) is 5.52. The molecule has 1 saturated heterocycles. The number of carbonyl (C=O) groups is 1. The maximum absolute atomic E-state index is 13.7. The number of hydrogen-bond donors (Lipinski definition) is 1. The molecule has 1 amide bonds. The number of carbonyl (C=O) groups excluding carboxylic acids is 1. The van der Waals surface area contributed by atoms with Crippen molar-refractivity contribution in [1.82, 2.24) is 15.1 Å². The van der Waals surface area contributed by atoms with Gasteiger partial charge < -0.3 is 15.0 Å². The van der Waals surface area contributed by atoms with Crippen LogP contribution in [0.1, 0.15) is 68.7 Å². The average molecular weight is 566 g/mol. The highest BCUT2D eigenvalue weighted by Crippen LogP contribution is 2.40. The third-order valence-electron chi connectivity index (χ3n) is 7.75. The summed E-state index contributed by atoms with van der Waals surface area (Å²) in [5.41, 5.74) is -1.54. The topological polar surface area (TPSA) is 117 Å². The van der Waals surface area contributed by atoms with E-state index in [2.05, 4.69) is 10.4 Å². The Morgan fingerprint density at radius 2 is 1.90 bits per heavy atom. The van der Waals surface area contributed by atoms with Crippen molar-refractivity contribution in [1.29, 1.82) is 5.26 Å². The number of nitrogens with one attached hydrogen (secondary N) is 1. The first-order valence-corrected chi connectivity index (χ1v) is 14.6. The van der Waals surface area contributed by atoms with E-state index in [1.165, 1.54) is 6.07 Å². The molecule has 2 aliphatic carbocycles. The summed E-state index contributed by atoms with van der Waals surface area (Å²) in [5, 5.41) is 15.2. The highest BCUT2D eigenvalue weighted by atomic mass is 32.2. The first kappa shape index (κ1) is 27.3. The lowest BCUT2D eigenvalue weighted by atomic mass is 9.96. The minimum atomic E-state index is -4.86. The van der Waals surface area contributed by atoms with Crippen LogP contribution >= 0.6 is 0 Å². The van der Waals surface area contributed by atoms with Crippen LogP contribution in [0.5, 0.6) is 0 Å². The van der Waals surface area contributed by atoms with Crippen LogP contribution in [0.2, 0.25) is 0 Å². The van der Waals surface area contributed by atoms with E-state index in [1.54, 1.807) is 17.9 Å². The molecule has 2 aromatic rings. The van der Waals surface area contributed by atoms with E-state index in [4.69, 9.17) is 4.74 Å². The van der Waals surface area contributed by atoms with Crippen LogP contribution in [0.15, 0.2) is 35.2 Å². The monoisotopic (exact) mass is 565 g/mol. The fraction of sp³-hybridized carbons (Fsp3) is 0.577. The SMILES string of the molecule is Cc1cc(N2C[C@H](S(=O)(=O)c3ccccc3C(F)(F)F)C[C@H]2OC(=O)NC2(C#N)CC2)n(C2CCCCC2)n1. The molecule has 13 heteroatoms. The third-order valence-corrected chi connectivity index (χ3v) is 9.94. The number of anilines is 1. The van der Waals surface area contributed by atoms with Crippen molar-refractivity contribution in [2.24, 2.45) is 0 Å². The molecule has 0 bridgehead atoms. The lowest BCUT2D eigenvalue weighted by molar-refractivity contribution is -0.139. The Hall–Kier alpha value is -3.27. The van der Waals surface area contributed by atoms with Gasteiger partial charge in [0.1, 0.15) is 11.4 Å². The Morgan fingerprint density at radius 3 is 2.54 bits per heavy atom. The van der Waals surface area contributed by atoms with Gasteiger partial charge in [-0.1, -0.05) is 31.4 Å². The van der Waals surface area contributed by atoms with E-state index in [0.29, 0.717) is 24.4 Å². The highest BCUT2D eigenvalue weighted by Gasteiger charge is 2.49. The van der Waals surface area contributed by atoms with Crippen LogP contribution in [-0.4, -0.2) is 47.9 Å². The summed E-state index contributed by atoms with van der Waals surface area (Å²) >= 11 is 0. The molecular weight excluding hydrogens is 535 g/mol. The van der Waals surface area contributed by atoms with Gasteiger partial charge in [0.05, 0.1) is 33.5 Å². The number of sulfone groups is 1. The highest BCUT2D eigenvalue weighted by molar-refractivity contribution is 7.92. The molecule has 39 heavy (non-hydrogen) atoms. The number of aryl methyl sites for hydroxylation is 1. The average Bonchev–Trinajstić information content (AvgIpc) is 3.36. The zero-order valence-electron chi connectivity index (χ0n) is 21.4. The van der Waals surface area contributed by atoms with Crippen molar-refractivity contribution in [2.45, 2.75) is 92.4 Å². The summed E-state index contributed by atoms with van der Waals surface area (Å²) in [6.45, 7) is 1.62. The van der Waals surface area contributed by atoms with E-state index in [0.717, 1.165) is 50.3 Å². The van der Waals surface area contributed by atoms with E-state index < -0.39 is 49.6 Å². The molecule has 3 aliphatic rings. The van der Waals surface area contributed by atoms with Crippen LogP contribution < -0.4 is 10.2 Å². The molecule has 2 saturated carbocycles. The van der Waals surface area contributed by atoms with Crippen molar-refractivity contribution in [3.63, 3.8) is 0 Å². The molecule has 1 aliphatic heterocycles. The molecule has 1 N–H and O–H groups in total. The molecule has 5 rings (SSSR count). The molecule has 0 spiro atoms. The van der Waals surface area contributed by atoms with Crippen molar-refractivity contribution in [2.75, 3.05) is 11.4 Å². The number of benzene rings is 1. The summed E-state index contributed by atoms with van der Waals surface area (Å²) < 4.78 is 75.9. The van der Waals surface area contributed by atoms with Gasteiger partial charge in [-0.25, -0.2) is 17.9 Å². The standard InChI is InChI=1S/C26H30F3N5O4S/c1-17-13-22(34(32-17)18-7-3-2-4-8-18)33-15-19(14-23(33)38-24(35)31-25(16-30)11-12-25)39(36,37)21-10-6-5-9-20(21)26(27,28)29/h5-6,9-10,13,18-19,23H,2-4,7-8,11-12,14-15H2,1H3,(H,31,35)/t19-,23-/m1/s1. The number of nitrogens with zero attached hydrogens (tertiary/aromatic N) is 4. The zero-order chi connectivity index (χ0) is 28.0. The molecule has 0 radical (unpaired) electrons. The van der Waals surface area contributed by atoms with Crippen LogP contribution in [0, 0.1) is 18.3 Å². The summed E-state index contributed by atoms with van der Waals surface area (Å²) in [6, 6.07) is 8.01. The maximum atomic E-state index is 13.7. The van der Waals surface area contributed by atoms with Crippen molar-refractivity contribution < 1.29 is 31.1 Å². The smallest absolute Gasteiger partial charge is 0.417 e. The largest absolute Gasteiger partial charge is 0.425 e. The summed E-state index contributed by atoms with van der Waals surface area (Å²) in [5.74, 6) is 0.556. The fourth-order valence-corrected chi connectivity index (χ4v) is 7.41. The quantitative estimate of drug-likeness (QED) is 0.531. The molecule has 2 heterocycles. The van der Waals surface area contributed by atoms with Gasteiger partial charge in [0.15, 0.2) is 16.1 Å². The van der Waals surface area contributed by atoms with Crippen molar-refractivity contribution in [3.8, 4) is 6.07 Å². The van der Waals surface area contributed by atoms with E-state index in [-0.39, 0.29) is 19.0 Å². The Kier molecular flexibility index (Phi) is 7.03. The Balaban J connectivity index is 1.49. The van der Waals surface area contributed by atoms with Crippen molar-refractivity contribution >= 4 is 21.7 Å². The normalized spacial score (nSPS) is 23.3. The predicted octanol–water partition coefficient (Wildman–Crippen LogP) is 4.88. The van der Waals surface area contributed by atoms with E-state index in [1.807, 2.05) is 10.8 Å². The molecule has 9 nitrogen and oxygen atoms in total. The second-order valence-electron chi connectivity index (χ2n) is 10.6. The molecule has 1 aromatic carbocycles. The lowest BCUT2D eigenvalue weighted by Crippen LogP contribution is -2.42. The molecule has 1 aromatic heterocycles. The van der Waals surface area contributed by atoms with Gasteiger partial charge in [-0.05, 0) is 44.7 Å². The third kappa shape index (κ3) is 5.44. The van der Waals surface area contributed by atoms with Gasteiger partial charge in [-0.15, -0.1) is 0 Å². The molecular formula is C26H30F3N5O4S. The molecule has 3 fully saturated rings. The summed E-state index contributed by atoms with van der Waals surface area (Å²) in [6.07, 6.45) is -1.17. The first-order chi connectivity index (χ1) is 18.4. The number of rotatable bonds is 6. The van der Waals surface area contributed by atoms with Gasteiger partial charge in [-0.2, -0.15) is 23.5 Å². The minimum absolute atomic E-state index is 0.0758. The van der Waals surface area contributed by atoms with E-state index in [9.17, 15) is 31.6 Å². The van der Waals surface area contributed by atoms with Gasteiger partial charge in [0.2, 0.25) is 0 Å². The van der Waals surface area contributed by atoms with Crippen LogP contribution in [-0.2, 0) is 20.8 Å². The Labute approximate surface area is 224 Å². The van der Waals surface area contributed by atoms with Crippen molar-refractivity contribution in [3.05, 3.63) is 41.6 Å². The summed E-state index contributed by atoms with van der Waals surface area (Å²) in [4.78, 5) is 13.6. The first-order valence-electron chi connectivity index (χ1n) is 13.1. The van der Waals surface area contributed by atoms with Crippen LogP contribution in [0.4, 0.5) is 23.8 Å². The second kappa shape index (κ2) is 10.0. The zero-order valence-corrected chi connectivity index (χ0v) is 22.3. The predicted molar refractivity (Wildman–Crippen MR) is 134 cm³/mol. The van der Waals surface area contributed by atoms with Gasteiger partial charge in [0.25, 0.3) is 0 Å². The number of aromatic nitrogens is 2. The number of hydrogen-bond acceptors (Lipinski definition) is 7.